The summed E-state index contributed by atoms with van der Waals surface area (Å²) in [6, 6.07) is 8.04. The van der Waals surface area contributed by atoms with Crippen molar-refractivity contribution in [2.75, 3.05) is 25.6 Å². The Hall–Kier alpha value is -3.79. The summed E-state index contributed by atoms with van der Waals surface area (Å²) in [6.07, 6.45) is 1.50. The summed E-state index contributed by atoms with van der Waals surface area (Å²) >= 11 is 0. The number of ether oxygens (including phenoxy) is 2. The van der Waals surface area contributed by atoms with Gasteiger partial charge in [-0.1, -0.05) is 0 Å². The maximum Gasteiger partial charge on any atom is 0.271 e. The highest BCUT2D eigenvalue weighted by atomic mass is 16.6. The van der Waals surface area contributed by atoms with Gasteiger partial charge in [-0.05, 0) is 37.1 Å². The molecule has 0 radical (unpaired) electrons. The molecule has 0 unspecified atom stereocenters. The molecule has 1 atom stereocenters. The molecule has 2 aliphatic heterocycles. The van der Waals surface area contributed by atoms with Gasteiger partial charge < -0.3 is 14.8 Å². The molecule has 2 aromatic rings. The number of rotatable bonds is 6. The Balaban J connectivity index is 1.56. The van der Waals surface area contributed by atoms with Crippen LogP contribution in [0.25, 0.3) is 0 Å². The summed E-state index contributed by atoms with van der Waals surface area (Å²) in [7, 11) is 1.37. The number of hydrogen-bond donors (Lipinski definition) is 1. The van der Waals surface area contributed by atoms with Gasteiger partial charge in [-0.3, -0.25) is 29.4 Å². The zero-order valence-corrected chi connectivity index (χ0v) is 16.6. The maximum absolute atomic E-state index is 12.8. The number of methoxy groups -OCH3 is 1. The van der Waals surface area contributed by atoms with Crippen molar-refractivity contribution in [2.45, 2.75) is 18.9 Å². The van der Waals surface area contributed by atoms with Gasteiger partial charge in [0, 0.05) is 24.3 Å². The van der Waals surface area contributed by atoms with E-state index in [9.17, 15) is 24.5 Å². The number of amides is 3. The molecule has 1 saturated heterocycles. The number of nitro benzene ring substituents is 1. The van der Waals surface area contributed by atoms with Gasteiger partial charge in [0.05, 0.1) is 41.5 Å². The second-order valence-corrected chi connectivity index (χ2v) is 7.21. The van der Waals surface area contributed by atoms with E-state index in [4.69, 9.17) is 9.47 Å². The topological polar surface area (TPSA) is 128 Å². The van der Waals surface area contributed by atoms with Crippen molar-refractivity contribution in [3.8, 4) is 5.75 Å². The summed E-state index contributed by atoms with van der Waals surface area (Å²) in [4.78, 5) is 49.7. The Morgan fingerprint density at radius 1 is 1.23 bits per heavy atom. The SMILES string of the molecule is COc1ccc([N+](=O)[O-])cc1NC(=O)c1ccc2c(c1)C(=O)N(C[C@@H]1CCCO1)C2=O. The van der Waals surface area contributed by atoms with Crippen molar-refractivity contribution in [2.24, 2.45) is 0 Å². The summed E-state index contributed by atoms with van der Waals surface area (Å²) in [5, 5.41) is 13.6. The van der Waals surface area contributed by atoms with E-state index >= 15 is 0 Å². The summed E-state index contributed by atoms with van der Waals surface area (Å²) in [5.41, 5.74) is 0.404. The van der Waals surface area contributed by atoms with Crippen LogP contribution in [0.2, 0.25) is 0 Å². The molecule has 2 aliphatic rings. The van der Waals surface area contributed by atoms with Gasteiger partial charge in [0.25, 0.3) is 23.4 Å². The highest BCUT2D eigenvalue weighted by Crippen LogP contribution is 2.30. The zero-order chi connectivity index (χ0) is 22.1. The van der Waals surface area contributed by atoms with Gasteiger partial charge in [-0.25, -0.2) is 0 Å². The number of carbonyl (C=O) groups excluding carboxylic acids is 3. The number of nitrogens with one attached hydrogen (secondary N) is 1. The van der Waals surface area contributed by atoms with Gasteiger partial charge >= 0.3 is 0 Å². The fourth-order valence-corrected chi connectivity index (χ4v) is 3.69. The predicted octanol–water partition coefficient (Wildman–Crippen LogP) is 2.63. The van der Waals surface area contributed by atoms with E-state index < -0.39 is 22.6 Å². The third-order valence-corrected chi connectivity index (χ3v) is 5.29. The van der Waals surface area contributed by atoms with Crippen molar-refractivity contribution in [1.29, 1.82) is 0 Å². The van der Waals surface area contributed by atoms with Crippen molar-refractivity contribution in [3.05, 3.63) is 63.2 Å². The first kappa shape index (κ1) is 20.5. The number of carbonyl (C=O) groups is 3. The van der Waals surface area contributed by atoms with Crippen LogP contribution in [0.15, 0.2) is 36.4 Å². The number of hydrogen-bond acceptors (Lipinski definition) is 7. The molecule has 0 saturated carbocycles. The molecule has 0 aliphatic carbocycles. The Kier molecular flexibility index (Phi) is 5.38. The average Bonchev–Trinajstić information content (AvgIpc) is 3.36. The number of non-ortho nitro benzene ring substituents is 1. The fraction of sp³-hybridized carbons (Fsp3) is 0.286. The van der Waals surface area contributed by atoms with Crippen LogP contribution in [0.4, 0.5) is 11.4 Å². The molecule has 4 rings (SSSR count). The maximum atomic E-state index is 12.8. The highest BCUT2D eigenvalue weighted by molar-refractivity contribution is 6.22. The largest absolute Gasteiger partial charge is 0.495 e. The number of fused-ring (bicyclic) bond motifs is 1. The molecule has 1 N–H and O–H groups in total. The summed E-state index contributed by atoms with van der Waals surface area (Å²) < 4.78 is 10.7. The first-order valence-electron chi connectivity index (χ1n) is 9.64. The van der Waals surface area contributed by atoms with Crippen LogP contribution in [0.1, 0.15) is 43.9 Å². The van der Waals surface area contributed by atoms with Crippen LogP contribution in [-0.4, -0.2) is 53.9 Å². The lowest BCUT2D eigenvalue weighted by Crippen LogP contribution is -2.36. The average molecular weight is 425 g/mol. The minimum atomic E-state index is -0.598. The Morgan fingerprint density at radius 2 is 2.00 bits per heavy atom. The molecule has 10 heteroatoms. The monoisotopic (exact) mass is 425 g/mol. The summed E-state index contributed by atoms with van der Waals surface area (Å²) in [5.74, 6) is -1.24. The molecule has 2 aromatic carbocycles. The molecule has 0 spiro atoms. The van der Waals surface area contributed by atoms with Crippen molar-refractivity contribution >= 4 is 29.1 Å². The van der Waals surface area contributed by atoms with Crippen LogP contribution in [0.3, 0.4) is 0 Å². The Labute approximate surface area is 176 Å². The van der Waals surface area contributed by atoms with E-state index in [-0.39, 0.29) is 46.5 Å². The molecule has 10 nitrogen and oxygen atoms in total. The lowest BCUT2D eigenvalue weighted by molar-refractivity contribution is -0.384. The van der Waals surface area contributed by atoms with Gasteiger partial charge in [0.2, 0.25) is 0 Å². The van der Waals surface area contributed by atoms with Crippen molar-refractivity contribution < 1.29 is 28.8 Å². The predicted molar refractivity (Wildman–Crippen MR) is 108 cm³/mol. The molecule has 0 bridgehead atoms. The van der Waals surface area contributed by atoms with Gasteiger partial charge in [0.1, 0.15) is 5.75 Å². The molecule has 3 amide bonds. The van der Waals surface area contributed by atoms with Crippen LogP contribution in [0.5, 0.6) is 5.75 Å². The van der Waals surface area contributed by atoms with E-state index in [2.05, 4.69) is 5.32 Å². The molecule has 2 heterocycles. The van der Waals surface area contributed by atoms with E-state index in [0.29, 0.717) is 6.61 Å². The minimum Gasteiger partial charge on any atom is -0.495 e. The van der Waals surface area contributed by atoms with E-state index in [1.165, 1.54) is 43.5 Å². The number of benzene rings is 2. The minimum absolute atomic E-state index is 0.115. The third kappa shape index (κ3) is 3.84. The highest BCUT2D eigenvalue weighted by Gasteiger charge is 2.38. The van der Waals surface area contributed by atoms with Crippen molar-refractivity contribution in [3.63, 3.8) is 0 Å². The first-order valence-corrected chi connectivity index (χ1v) is 9.64. The number of anilines is 1. The Morgan fingerprint density at radius 3 is 2.68 bits per heavy atom. The van der Waals surface area contributed by atoms with Crippen LogP contribution >= 0.6 is 0 Å². The standard InChI is InChI=1S/C21H19N3O7/c1-30-18-7-5-13(24(28)29)10-17(18)22-19(25)12-4-6-15-16(9-12)21(27)23(20(15)26)11-14-3-2-8-31-14/h4-7,9-10,14H,2-3,8,11H2,1H3,(H,22,25)/t14-/m0/s1. The fourth-order valence-electron chi connectivity index (χ4n) is 3.69. The number of nitro groups is 1. The lowest BCUT2D eigenvalue weighted by Gasteiger charge is -2.17. The van der Waals surface area contributed by atoms with Crippen molar-refractivity contribution in [1.82, 2.24) is 4.90 Å². The molecule has 160 valence electrons. The van der Waals surface area contributed by atoms with E-state index in [1.54, 1.807) is 0 Å². The van der Waals surface area contributed by atoms with Gasteiger partial charge in [-0.2, -0.15) is 0 Å². The van der Waals surface area contributed by atoms with Crippen LogP contribution < -0.4 is 10.1 Å². The van der Waals surface area contributed by atoms with Gasteiger partial charge in [0.15, 0.2) is 0 Å². The quantitative estimate of drug-likeness (QED) is 0.428. The van der Waals surface area contributed by atoms with E-state index in [1.807, 2.05) is 0 Å². The molecule has 0 aromatic heterocycles. The summed E-state index contributed by atoms with van der Waals surface area (Å²) in [6.45, 7) is 0.790. The second kappa shape index (κ2) is 8.15. The normalized spacial score (nSPS) is 17.6. The lowest BCUT2D eigenvalue weighted by atomic mass is 10.1. The second-order valence-electron chi connectivity index (χ2n) is 7.21. The molecule has 1 fully saturated rings. The first-order chi connectivity index (χ1) is 14.9. The molecular weight excluding hydrogens is 406 g/mol. The molecular formula is C21H19N3O7. The number of nitrogens with zero attached hydrogens (tertiary/aromatic N) is 2. The van der Waals surface area contributed by atoms with Crippen LogP contribution in [0, 0.1) is 10.1 Å². The van der Waals surface area contributed by atoms with E-state index in [0.717, 1.165) is 17.7 Å². The molecule has 31 heavy (non-hydrogen) atoms. The Bertz CT molecular complexity index is 1090. The third-order valence-electron chi connectivity index (χ3n) is 5.29. The van der Waals surface area contributed by atoms with Crippen LogP contribution in [-0.2, 0) is 4.74 Å². The number of imide groups is 1. The smallest absolute Gasteiger partial charge is 0.271 e. The van der Waals surface area contributed by atoms with Gasteiger partial charge in [-0.15, -0.1) is 0 Å². The zero-order valence-electron chi connectivity index (χ0n) is 16.6.